The molecule has 0 spiro atoms. The third kappa shape index (κ3) is 5.63. The number of carbonyl (C=O) groups is 5. The van der Waals surface area contributed by atoms with Gasteiger partial charge in [0, 0.05) is 57.6 Å². The number of nitrogens with one attached hydrogen (secondary N) is 2. The highest BCUT2D eigenvalue weighted by Crippen LogP contribution is 2.32. The molecule has 0 bridgehead atoms. The number of pyridine rings is 1. The van der Waals surface area contributed by atoms with Crippen molar-refractivity contribution in [3.63, 3.8) is 0 Å². The molecule has 2 fully saturated rings. The molecule has 5 amide bonds. The fraction of sp³-hybridized carbons (Fsp3) is 0.312. The van der Waals surface area contributed by atoms with Crippen molar-refractivity contribution in [2.75, 3.05) is 36.4 Å². The van der Waals surface area contributed by atoms with E-state index in [0.29, 0.717) is 17.8 Å². The highest BCUT2D eigenvalue weighted by molar-refractivity contribution is 6.25. The fourth-order valence-electron chi connectivity index (χ4n) is 6.05. The van der Waals surface area contributed by atoms with E-state index < -0.39 is 35.6 Å². The average Bonchev–Trinajstić information content (AvgIpc) is 3.27. The number of fused-ring (bicyclic) bond motifs is 1. The van der Waals surface area contributed by atoms with Crippen molar-refractivity contribution in [2.24, 2.45) is 5.73 Å². The van der Waals surface area contributed by atoms with Crippen LogP contribution in [0.15, 0.2) is 54.9 Å². The third-order valence-corrected chi connectivity index (χ3v) is 8.50. The lowest BCUT2D eigenvalue weighted by Crippen LogP contribution is -2.54. The highest BCUT2D eigenvalue weighted by Gasteiger charge is 2.45. The van der Waals surface area contributed by atoms with Crippen molar-refractivity contribution in [2.45, 2.75) is 38.9 Å². The number of hydrogen-bond donors (Lipinski definition) is 3. The number of carbonyl (C=O) groups excluding carboxylic acids is 5. The molecule has 4 N–H and O–H groups in total. The summed E-state index contributed by atoms with van der Waals surface area (Å²) in [5.74, 6) is -2.59. The Kier molecular flexibility index (Phi) is 7.83. The minimum absolute atomic E-state index is 0.0744. The van der Waals surface area contributed by atoms with Gasteiger partial charge in [0.1, 0.15) is 6.04 Å². The van der Waals surface area contributed by atoms with Gasteiger partial charge in [0.05, 0.1) is 28.6 Å². The molecular weight excluding hydrogens is 562 g/mol. The summed E-state index contributed by atoms with van der Waals surface area (Å²) in [6.45, 7) is 6.69. The molecular formula is C32H33N7O5. The minimum Gasteiger partial charge on any atom is -0.380 e. The molecule has 2 aromatic carbocycles. The molecule has 226 valence electrons. The minimum atomic E-state index is -1.00. The molecule has 0 saturated carbocycles. The summed E-state index contributed by atoms with van der Waals surface area (Å²) < 4.78 is 0. The lowest BCUT2D eigenvalue weighted by molar-refractivity contribution is -0.136. The van der Waals surface area contributed by atoms with E-state index in [9.17, 15) is 24.0 Å². The van der Waals surface area contributed by atoms with Crippen molar-refractivity contribution >= 4 is 40.9 Å². The topological polar surface area (TPSA) is 158 Å². The smallest absolute Gasteiger partial charge is 0.264 e. The van der Waals surface area contributed by atoms with E-state index in [4.69, 9.17) is 5.73 Å². The lowest BCUT2D eigenvalue weighted by atomic mass is 10.0. The summed E-state index contributed by atoms with van der Waals surface area (Å²) in [4.78, 5) is 71.7. The van der Waals surface area contributed by atoms with Crippen LogP contribution in [0.5, 0.6) is 0 Å². The zero-order valence-corrected chi connectivity index (χ0v) is 24.3. The van der Waals surface area contributed by atoms with Crippen LogP contribution in [-0.4, -0.2) is 76.5 Å². The van der Waals surface area contributed by atoms with Crippen LogP contribution in [0.1, 0.15) is 60.6 Å². The molecule has 1 unspecified atom stereocenters. The van der Waals surface area contributed by atoms with Crippen LogP contribution in [-0.2, 0) is 22.7 Å². The van der Waals surface area contributed by atoms with Gasteiger partial charge in [-0.05, 0) is 48.2 Å². The molecule has 3 aromatic rings. The summed E-state index contributed by atoms with van der Waals surface area (Å²) in [5, 5.41) is 5.53. The number of piperidine rings is 1. The predicted octanol–water partition coefficient (Wildman–Crippen LogP) is 1.82. The summed E-state index contributed by atoms with van der Waals surface area (Å²) in [6, 6.07) is 12.1. The number of aryl methyl sites for hydroxylation is 1. The van der Waals surface area contributed by atoms with E-state index in [1.165, 1.54) is 11.8 Å². The molecule has 3 aliphatic rings. The Balaban J connectivity index is 1.07. The second-order valence-corrected chi connectivity index (χ2v) is 11.3. The van der Waals surface area contributed by atoms with Gasteiger partial charge >= 0.3 is 0 Å². The Morgan fingerprint density at radius 3 is 2.55 bits per heavy atom. The van der Waals surface area contributed by atoms with Gasteiger partial charge in [-0.1, -0.05) is 24.3 Å². The molecule has 2 saturated heterocycles. The predicted molar refractivity (Wildman–Crippen MR) is 162 cm³/mol. The number of hydrogen-bond acceptors (Lipinski definition) is 9. The number of amides is 5. The number of anilines is 2. The first-order chi connectivity index (χ1) is 21.2. The molecule has 0 aliphatic carbocycles. The molecule has 1 atom stereocenters. The van der Waals surface area contributed by atoms with E-state index in [1.54, 1.807) is 30.5 Å². The fourth-order valence-corrected chi connectivity index (χ4v) is 6.05. The van der Waals surface area contributed by atoms with Gasteiger partial charge in [-0.3, -0.25) is 44.1 Å². The first-order valence-corrected chi connectivity index (χ1v) is 14.6. The Morgan fingerprint density at radius 2 is 1.82 bits per heavy atom. The van der Waals surface area contributed by atoms with E-state index in [-0.39, 0.29) is 24.0 Å². The Bertz CT molecular complexity index is 1680. The maximum Gasteiger partial charge on any atom is 0.264 e. The summed E-state index contributed by atoms with van der Waals surface area (Å²) in [5.41, 5.74) is 11.1. The van der Waals surface area contributed by atoms with Crippen LogP contribution in [0.4, 0.5) is 11.4 Å². The Morgan fingerprint density at radius 1 is 1.02 bits per heavy atom. The zero-order chi connectivity index (χ0) is 31.0. The van der Waals surface area contributed by atoms with Crippen molar-refractivity contribution < 1.29 is 24.0 Å². The summed E-state index contributed by atoms with van der Waals surface area (Å²) in [7, 11) is 0. The molecule has 0 radical (unpaired) electrons. The summed E-state index contributed by atoms with van der Waals surface area (Å²) >= 11 is 0. The number of nitrogens with two attached hydrogens (primary N) is 1. The third-order valence-electron chi connectivity index (χ3n) is 8.50. The number of piperazine rings is 1. The number of rotatable bonds is 8. The highest BCUT2D eigenvalue weighted by atomic mass is 16.2. The van der Waals surface area contributed by atoms with Crippen molar-refractivity contribution in [3.05, 3.63) is 88.2 Å². The molecule has 4 heterocycles. The van der Waals surface area contributed by atoms with E-state index in [2.05, 4.69) is 50.5 Å². The second-order valence-electron chi connectivity index (χ2n) is 11.3. The van der Waals surface area contributed by atoms with Gasteiger partial charge in [0.25, 0.3) is 11.8 Å². The van der Waals surface area contributed by atoms with Gasteiger partial charge in [-0.15, -0.1) is 0 Å². The summed E-state index contributed by atoms with van der Waals surface area (Å²) in [6.07, 6.45) is 3.42. The number of benzene rings is 2. The van der Waals surface area contributed by atoms with E-state index >= 15 is 0 Å². The van der Waals surface area contributed by atoms with Crippen LogP contribution in [0, 0.1) is 6.92 Å². The number of nitrogens with zero attached hydrogens (tertiary/aromatic N) is 4. The molecule has 1 aromatic heterocycles. The maximum absolute atomic E-state index is 13.4. The lowest BCUT2D eigenvalue weighted by Gasteiger charge is -2.36. The molecule has 12 heteroatoms. The SMILES string of the molecule is Cc1cc(CNc2cccc3c2C(=O)N(C2CCC(=O)NC2=O)C3=O)ccc1CN1CCN(c2cncc(C(N)=O)c2)CC1. The number of primary amides is 1. The standard InChI is InChI=1S/C32H33N7O5/c1-19-13-20(5-6-21(19)18-37-9-11-38(12-10-37)23-14-22(29(33)41)16-34-17-23)15-35-25-4-2-3-24-28(25)32(44)39(31(24)43)26-7-8-27(40)36-30(26)42/h2-6,13-14,16-17,26,35H,7-12,15,18H2,1H3,(H2,33,41)(H,36,40,42). The van der Waals surface area contributed by atoms with Gasteiger partial charge in [-0.25, -0.2) is 0 Å². The second kappa shape index (κ2) is 11.9. The molecule has 3 aliphatic heterocycles. The Labute approximate surface area is 254 Å². The van der Waals surface area contributed by atoms with Crippen molar-refractivity contribution in [1.82, 2.24) is 20.1 Å². The quantitative estimate of drug-likeness (QED) is 0.330. The number of imide groups is 2. The normalized spacial score (nSPS) is 18.8. The average molecular weight is 596 g/mol. The first kappa shape index (κ1) is 29.0. The molecule has 6 rings (SSSR count). The van der Waals surface area contributed by atoms with Crippen LogP contribution in [0.25, 0.3) is 0 Å². The monoisotopic (exact) mass is 595 g/mol. The van der Waals surface area contributed by atoms with Gasteiger partial charge in [-0.2, -0.15) is 0 Å². The largest absolute Gasteiger partial charge is 0.380 e. The van der Waals surface area contributed by atoms with E-state index in [0.717, 1.165) is 54.4 Å². The first-order valence-electron chi connectivity index (χ1n) is 14.6. The van der Waals surface area contributed by atoms with Crippen molar-refractivity contribution in [3.8, 4) is 0 Å². The van der Waals surface area contributed by atoms with Crippen LogP contribution >= 0.6 is 0 Å². The maximum atomic E-state index is 13.4. The van der Waals surface area contributed by atoms with Crippen LogP contribution < -0.4 is 21.3 Å². The van der Waals surface area contributed by atoms with Gasteiger partial charge in [0.2, 0.25) is 17.7 Å². The molecule has 44 heavy (non-hydrogen) atoms. The van der Waals surface area contributed by atoms with Crippen LogP contribution in [0.3, 0.4) is 0 Å². The van der Waals surface area contributed by atoms with Gasteiger partial charge in [0.15, 0.2) is 0 Å². The molecule has 12 nitrogen and oxygen atoms in total. The van der Waals surface area contributed by atoms with Gasteiger partial charge < -0.3 is 16.0 Å². The van der Waals surface area contributed by atoms with Crippen LogP contribution in [0.2, 0.25) is 0 Å². The van der Waals surface area contributed by atoms with E-state index in [1.807, 2.05) is 0 Å². The Hall–Kier alpha value is -5.10. The van der Waals surface area contributed by atoms with Crippen molar-refractivity contribution in [1.29, 1.82) is 0 Å². The zero-order valence-electron chi connectivity index (χ0n) is 24.3. The number of aromatic nitrogens is 1.